The first-order valence-electron chi connectivity index (χ1n) is 9.51. The monoisotopic (exact) mass is 389 g/mol. The van der Waals surface area contributed by atoms with Crippen molar-refractivity contribution in [1.29, 1.82) is 0 Å². The highest BCUT2D eigenvalue weighted by Gasteiger charge is 2.27. The maximum Gasteiger partial charge on any atom is 0.298 e. The fourth-order valence-corrected chi connectivity index (χ4v) is 3.58. The third-order valence-electron chi connectivity index (χ3n) is 5.15. The van der Waals surface area contributed by atoms with Crippen molar-refractivity contribution in [2.45, 2.75) is 12.8 Å². The standard InChI is InChI=1S/C20H19N7O2/c28-19(22-15-4-3-5-16(12-15)27-13-21-24-25-27)14-8-10-26(11-9-14)20-23-17-6-1-2-7-18(17)29-20/h1-7,12-14H,8-11H2,(H,22,28). The first-order valence-corrected chi connectivity index (χ1v) is 9.51. The summed E-state index contributed by atoms with van der Waals surface area (Å²) in [5.74, 6) is -0.0246. The molecule has 0 atom stereocenters. The summed E-state index contributed by atoms with van der Waals surface area (Å²) >= 11 is 0. The van der Waals surface area contributed by atoms with Gasteiger partial charge in [0.25, 0.3) is 6.01 Å². The van der Waals surface area contributed by atoms with Crippen LogP contribution in [0.5, 0.6) is 0 Å². The highest BCUT2D eigenvalue weighted by atomic mass is 16.4. The predicted molar refractivity (Wildman–Crippen MR) is 107 cm³/mol. The molecule has 5 rings (SSSR count). The van der Waals surface area contributed by atoms with E-state index in [9.17, 15) is 4.79 Å². The van der Waals surface area contributed by atoms with Crippen molar-refractivity contribution in [2.24, 2.45) is 5.92 Å². The number of amides is 1. The highest BCUT2D eigenvalue weighted by molar-refractivity contribution is 5.93. The first kappa shape index (κ1) is 17.4. The van der Waals surface area contributed by atoms with Crippen LogP contribution in [0.1, 0.15) is 12.8 Å². The van der Waals surface area contributed by atoms with Crippen LogP contribution in [-0.2, 0) is 4.79 Å². The zero-order chi connectivity index (χ0) is 19.6. The minimum atomic E-state index is -0.0488. The van der Waals surface area contributed by atoms with Crippen LogP contribution in [-0.4, -0.2) is 44.2 Å². The van der Waals surface area contributed by atoms with Crippen molar-refractivity contribution in [2.75, 3.05) is 23.3 Å². The van der Waals surface area contributed by atoms with Crippen molar-refractivity contribution in [3.8, 4) is 5.69 Å². The zero-order valence-electron chi connectivity index (χ0n) is 15.6. The fourth-order valence-electron chi connectivity index (χ4n) is 3.58. The summed E-state index contributed by atoms with van der Waals surface area (Å²) in [5, 5.41) is 14.2. The number of hydrogen-bond acceptors (Lipinski definition) is 7. The van der Waals surface area contributed by atoms with Crippen molar-refractivity contribution >= 4 is 28.7 Å². The van der Waals surface area contributed by atoms with Gasteiger partial charge >= 0.3 is 0 Å². The van der Waals surface area contributed by atoms with Gasteiger partial charge in [0.05, 0.1) is 5.69 Å². The third-order valence-corrected chi connectivity index (χ3v) is 5.15. The molecular formula is C20H19N7O2. The number of anilines is 2. The van der Waals surface area contributed by atoms with E-state index in [4.69, 9.17) is 4.42 Å². The first-order chi connectivity index (χ1) is 14.3. The summed E-state index contributed by atoms with van der Waals surface area (Å²) in [4.78, 5) is 19.4. The number of para-hydroxylation sites is 2. The molecule has 9 nitrogen and oxygen atoms in total. The van der Waals surface area contributed by atoms with E-state index >= 15 is 0 Å². The second-order valence-corrected chi connectivity index (χ2v) is 7.02. The van der Waals surface area contributed by atoms with Crippen LogP contribution in [0.2, 0.25) is 0 Å². The molecule has 1 saturated heterocycles. The van der Waals surface area contributed by atoms with E-state index in [0.29, 0.717) is 6.01 Å². The molecule has 1 aliphatic heterocycles. The Morgan fingerprint density at radius 1 is 1.10 bits per heavy atom. The molecule has 3 heterocycles. The molecule has 2 aromatic heterocycles. The number of aromatic nitrogens is 5. The summed E-state index contributed by atoms with van der Waals surface area (Å²) in [6.45, 7) is 1.46. The molecule has 9 heteroatoms. The van der Waals surface area contributed by atoms with Crippen molar-refractivity contribution in [1.82, 2.24) is 25.2 Å². The lowest BCUT2D eigenvalue weighted by molar-refractivity contribution is -0.120. The fraction of sp³-hybridized carbons (Fsp3) is 0.250. The number of carbonyl (C=O) groups excluding carboxylic acids is 1. The molecule has 146 valence electrons. The number of hydrogen-bond donors (Lipinski definition) is 1. The number of nitrogens with zero attached hydrogens (tertiary/aromatic N) is 6. The number of benzene rings is 2. The Labute approximate surface area is 166 Å². The predicted octanol–water partition coefficient (Wildman–Crippen LogP) is 2.66. The van der Waals surface area contributed by atoms with Crippen LogP contribution in [0.25, 0.3) is 16.8 Å². The van der Waals surface area contributed by atoms with Crippen LogP contribution >= 0.6 is 0 Å². The van der Waals surface area contributed by atoms with Gasteiger partial charge in [-0.1, -0.05) is 18.2 Å². The molecule has 2 aromatic carbocycles. The Kier molecular flexibility index (Phi) is 4.39. The van der Waals surface area contributed by atoms with Gasteiger partial charge in [0.1, 0.15) is 11.8 Å². The molecule has 29 heavy (non-hydrogen) atoms. The molecule has 1 amide bonds. The summed E-state index contributed by atoms with van der Waals surface area (Å²) in [6, 6.07) is 15.8. The van der Waals surface area contributed by atoms with Gasteiger partial charge < -0.3 is 14.6 Å². The second-order valence-electron chi connectivity index (χ2n) is 7.02. The van der Waals surface area contributed by atoms with Crippen LogP contribution in [0.15, 0.2) is 59.3 Å². The number of tetrazole rings is 1. The van der Waals surface area contributed by atoms with E-state index in [1.807, 2.05) is 48.5 Å². The van der Waals surface area contributed by atoms with Gasteiger partial charge in [-0.25, -0.2) is 4.68 Å². The maximum atomic E-state index is 12.7. The molecule has 0 unspecified atom stereocenters. The molecule has 1 N–H and O–H groups in total. The van der Waals surface area contributed by atoms with E-state index in [-0.39, 0.29) is 11.8 Å². The summed E-state index contributed by atoms with van der Waals surface area (Å²) in [7, 11) is 0. The molecular weight excluding hydrogens is 370 g/mol. The molecule has 0 radical (unpaired) electrons. The Balaban J connectivity index is 1.22. The van der Waals surface area contributed by atoms with Crippen LogP contribution in [0, 0.1) is 5.92 Å². The Morgan fingerprint density at radius 3 is 2.76 bits per heavy atom. The van der Waals surface area contributed by atoms with E-state index in [2.05, 4.69) is 30.7 Å². The zero-order valence-corrected chi connectivity index (χ0v) is 15.6. The van der Waals surface area contributed by atoms with E-state index < -0.39 is 0 Å². The van der Waals surface area contributed by atoms with Gasteiger partial charge in [-0.15, -0.1) is 5.10 Å². The summed E-state index contributed by atoms with van der Waals surface area (Å²) < 4.78 is 7.39. The lowest BCUT2D eigenvalue weighted by Crippen LogP contribution is -2.38. The number of fused-ring (bicyclic) bond motifs is 1. The average Bonchev–Trinajstić information content (AvgIpc) is 3.44. The van der Waals surface area contributed by atoms with Gasteiger partial charge in [0.2, 0.25) is 5.91 Å². The molecule has 0 bridgehead atoms. The van der Waals surface area contributed by atoms with Crippen molar-refractivity contribution in [3.63, 3.8) is 0 Å². The quantitative estimate of drug-likeness (QED) is 0.572. The Morgan fingerprint density at radius 2 is 1.97 bits per heavy atom. The number of piperidine rings is 1. The normalized spacial score (nSPS) is 15.0. The van der Waals surface area contributed by atoms with E-state index in [1.165, 1.54) is 6.33 Å². The van der Waals surface area contributed by atoms with Crippen LogP contribution in [0.3, 0.4) is 0 Å². The maximum absolute atomic E-state index is 12.7. The SMILES string of the molecule is O=C(Nc1cccc(-n2cnnn2)c1)C1CCN(c2nc3ccccc3o2)CC1. The van der Waals surface area contributed by atoms with Gasteiger partial charge in [-0.05, 0) is 53.6 Å². The lowest BCUT2D eigenvalue weighted by Gasteiger charge is -2.30. The molecule has 1 fully saturated rings. The van der Waals surface area contributed by atoms with Gasteiger partial charge in [0.15, 0.2) is 5.58 Å². The van der Waals surface area contributed by atoms with E-state index in [1.54, 1.807) is 4.68 Å². The number of oxazole rings is 1. The lowest BCUT2D eigenvalue weighted by atomic mass is 9.96. The number of carbonyl (C=O) groups is 1. The topological polar surface area (TPSA) is 102 Å². The van der Waals surface area contributed by atoms with Crippen molar-refractivity contribution < 1.29 is 9.21 Å². The number of nitrogens with one attached hydrogen (secondary N) is 1. The van der Waals surface area contributed by atoms with Crippen LogP contribution in [0.4, 0.5) is 11.7 Å². The van der Waals surface area contributed by atoms with E-state index in [0.717, 1.165) is 48.4 Å². The largest absolute Gasteiger partial charge is 0.423 e. The Bertz CT molecular complexity index is 1100. The summed E-state index contributed by atoms with van der Waals surface area (Å²) in [5.41, 5.74) is 3.15. The Hall–Kier alpha value is -3.75. The van der Waals surface area contributed by atoms with Crippen molar-refractivity contribution in [3.05, 3.63) is 54.9 Å². The third kappa shape index (κ3) is 3.54. The number of rotatable bonds is 4. The molecule has 4 aromatic rings. The van der Waals surface area contributed by atoms with Crippen LogP contribution < -0.4 is 10.2 Å². The van der Waals surface area contributed by atoms with Gasteiger partial charge in [-0.3, -0.25) is 4.79 Å². The smallest absolute Gasteiger partial charge is 0.298 e. The van der Waals surface area contributed by atoms with Gasteiger partial charge in [0, 0.05) is 24.7 Å². The summed E-state index contributed by atoms with van der Waals surface area (Å²) in [6.07, 6.45) is 3.01. The minimum absolute atomic E-state index is 0.0241. The molecule has 1 aliphatic rings. The molecule has 0 aliphatic carbocycles. The minimum Gasteiger partial charge on any atom is -0.423 e. The average molecular weight is 389 g/mol. The molecule has 0 saturated carbocycles. The second kappa shape index (κ2) is 7.34. The van der Waals surface area contributed by atoms with Gasteiger partial charge in [-0.2, -0.15) is 4.98 Å². The molecule has 0 spiro atoms. The highest BCUT2D eigenvalue weighted by Crippen LogP contribution is 2.27.